The van der Waals surface area contributed by atoms with Crippen molar-refractivity contribution in [1.29, 1.82) is 0 Å². The predicted octanol–water partition coefficient (Wildman–Crippen LogP) is 2.46. The van der Waals surface area contributed by atoms with E-state index in [0.717, 1.165) is 19.5 Å². The Bertz CT molecular complexity index is 862. The van der Waals surface area contributed by atoms with Gasteiger partial charge in [-0.05, 0) is 49.6 Å². The minimum Gasteiger partial charge on any atom is -0.451 e. The van der Waals surface area contributed by atoms with Crippen molar-refractivity contribution in [3.8, 4) is 0 Å². The molecule has 0 bridgehead atoms. The highest BCUT2D eigenvalue weighted by molar-refractivity contribution is 7.89. The van der Waals surface area contributed by atoms with Gasteiger partial charge in [0.1, 0.15) is 5.58 Å². The Morgan fingerprint density at radius 2 is 1.88 bits per heavy atom. The fourth-order valence-corrected chi connectivity index (χ4v) is 4.16. The first kappa shape index (κ1) is 17.0. The summed E-state index contributed by atoms with van der Waals surface area (Å²) in [4.78, 5) is 14.7. The number of nitrogens with zero attached hydrogens (tertiary/aromatic N) is 1. The molecule has 0 radical (unpaired) electrons. The molecule has 7 heteroatoms. The van der Waals surface area contributed by atoms with Crippen molar-refractivity contribution < 1.29 is 17.6 Å². The van der Waals surface area contributed by atoms with Gasteiger partial charge in [0.25, 0.3) is 5.91 Å². The first-order valence-electron chi connectivity index (χ1n) is 8.06. The van der Waals surface area contributed by atoms with Crippen molar-refractivity contribution in [2.75, 3.05) is 20.1 Å². The number of nitrogens with one attached hydrogen (secondary N) is 1. The van der Waals surface area contributed by atoms with Crippen molar-refractivity contribution in [3.63, 3.8) is 0 Å². The molecular formula is C17H22N2O4S. The van der Waals surface area contributed by atoms with Gasteiger partial charge in [0.15, 0.2) is 5.76 Å². The summed E-state index contributed by atoms with van der Waals surface area (Å²) >= 11 is 0. The van der Waals surface area contributed by atoms with E-state index in [4.69, 9.17) is 4.42 Å². The van der Waals surface area contributed by atoms with E-state index in [0.29, 0.717) is 22.8 Å². The molecule has 2 atom stereocenters. The molecule has 3 rings (SSSR count). The van der Waals surface area contributed by atoms with Crippen LogP contribution in [0.2, 0.25) is 0 Å². The van der Waals surface area contributed by atoms with Crippen molar-refractivity contribution >= 4 is 26.9 Å². The van der Waals surface area contributed by atoms with Crippen molar-refractivity contribution in [3.05, 3.63) is 30.0 Å². The number of carbonyl (C=O) groups is 1. The first-order chi connectivity index (χ1) is 11.3. The highest BCUT2D eigenvalue weighted by Gasteiger charge is 2.28. The van der Waals surface area contributed by atoms with Gasteiger partial charge in [0.2, 0.25) is 10.0 Å². The van der Waals surface area contributed by atoms with Crippen LogP contribution in [-0.2, 0) is 10.0 Å². The number of piperidine rings is 1. The number of benzene rings is 1. The predicted molar refractivity (Wildman–Crippen MR) is 91.3 cm³/mol. The van der Waals surface area contributed by atoms with Gasteiger partial charge in [-0.2, -0.15) is 0 Å². The molecular weight excluding hydrogens is 328 g/mol. The average Bonchev–Trinajstić information content (AvgIpc) is 2.96. The molecule has 1 amide bonds. The standard InChI is InChI=1S/C17H22N2O4S/c1-11-6-12(2)10-19(9-11)17(20)16-8-13-7-14(24(21,22)18-3)4-5-15(13)23-16/h4-5,7-8,11-12,18H,6,9-10H2,1-3H3. The van der Waals surface area contributed by atoms with Gasteiger partial charge < -0.3 is 9.32 Å². The molecule has 1 N–H and O–H groups in total. The van der Waals surface area contributed by atoms with Crippen LogP contribution < -0.4 is 4.72 Å². The zero-order chi connectivity index (χ0) is 17.5. The molecule has 6 nitrogen and oxygen atoms in total. The molecule has 0 spiro atoms. The molecule has 2 unspecified atom stereocenters. The summed E-state index contributed by atoms with van der Waals surface area (Å²) < 4.78 is 31.7. The van der Waals surface area contributed by atoms with E-state index >= 15 is 0 Å². The summed E-state index contributed by atoms with van der Waals surface area (Å²) in [5.41, 5.74) is 0.506. The molecule has 0 saturated carbocycles. The number of carbonyl (C=O) groups excluding carboxylic acids is 1. The van der Waals surface area contributed by atoms with Gasteiger partial charge in [-0.25, -0.2) is 13.1 Å². The van der Waals surface area contributed by atoms with Gasteiger partial charge >= 0.3 is 0 Å². The Balaban J connectivity index is 1.92. The second kappa shape index (κ2) is 6.22. The highest BCUT2D eigenvalue weighted by Crippen LogP contribution is 2.26. The Morgan fingerprint density at radius 3 is 2.50 bits per heavy atom. The van der Waals surface area contributed by atoms with Crippen LogP contribution in [0, 0.1) is 11.8 Å². The van der Waals surface area contributed by atoms with E-state index in [-0.39, 0.29) is 16.6 Å². The lowest BCUT2D eigenvalue weighted by Crippen LogP contribution is -2.42. The molecule has 24 heavy (non-hydrogen) atoms. The zero-order valence-electron chi connectivity index (χ0n) is 14.1. The summed E-state index contributed by atoms with van der Waals surface area (Å²) in [5, 5.41) is 0.604. The summed E-state index contributed by atoms with van der Waals surface area (Å²) in [5.74, 6) is 1.05. The van der Waals surface area contributed by atoms with E-state index < -0.39 is 10.0 Å². The molecule has 1 fully saturated rings. The third-order valence-electron chi connectivity index (χ3n) is 4.43. The maximum absolute atomic E-state index is 12.7. The minimum absolute atomic E-state index is 0.136. The lowest BCUT2D eigenvalue weighted by Gasteiger charge is -2.34. The average molecular weight is 350 g/mol. The third kappa shape index (κ3) is 3.18. The molecule has 1 aliphatic heterocycles. The Hall–Kier alpha value is -1.86. The Kier molecular flexibility index (Phi) is 4.40. The van der Waals surface area contributed by atoms with Gasteiger partial charge in [-0.1, -0.05) is 13.8 Å². The first-order valence-corrected chi connectivity index (χ1v) is 9.55. The number of amides is 1. The Morgan fingerprint density at radius 1 is 1.21 bits per heavy atom. The molecule has 1 aromatic carbocycles. The van der Waals surface area contributed by atoms with Crippen LogP contribution in [0.4, 0.5) is 0 Å². The van der Waals surface area contributed by atoms with E-state index in [1.165, 1.54) is 19.2 Å². The van der Waals surface area contributed by atoms with Crippen LogP contribution in [0.25, 0.3) is 11.0 Å². The van der Waals surface area contributed by atoms with Crippen LogP contribution in [0.15, 0.2) is 33.6 Å². The molecule has 0 aliphatic carbocycles. The monoisotopic (exact) mass is 350 g/mol. The SMILES string of the molecule is CNS(=O)(=O)c1ccc2oc(C(=O)N3CC(C)CC(C)C3)cc2c1. The number of rotatable bonds is 3. The van der Waals surface area contributed by atoms with Crippen molar-refractivity contribution in [1.82, 2.24) is 9.62 Å². The third-order valence-corrected chi connectivity index (χ3v) is 5.85. The quantitative estimate of drug-likeness (QED) is 0.922. The maximum atomic E-state index is 12.7. The number of hydrogen-bond acceptors (Lipinski definition) is 4. The smallest absolute Gasteiger partial charge is 0.289 e. The van der Waals surface area contributed by atoms with Crippen molar-refractivity contribution in [2.24, 2.45) is 11.8 Å². The highest BCUT2D eigenvalue weighted by atomic mass is 32.2. The number of furan rings is 1. The number of hydrogen-bond donors (Lipinski definition) is 1. The lowest BCUT2D eigenvalue weighted by atomic mass is 9.92. The van der Waals surface area contributed by atoms with Gasteiger partial charge in [-0.3, -0.25) is 4.79 Å². The summed E-state index contributed by atoms with van der Waals surface area (Å²) in [6.07, 6.45) is 1.12. The number of sulfonamides is 1. The largest absolute Gasteiger partial charge is 0.451 e. The molecule has 1 aromatic heterocycles. The summed E-state index contributed by atoms with van der Waals surface area (Å²) in [7, 11) is -2.16. The van der Waals surface area contributed by atoms with Crippen molar-refractivity contribution in [2.45, 2.75) is 25.2 Å². The van der Waals surface area contributed by atoms with Crippen LogP contribution in [0.1, 0.15) is 30.8 Å². The second-order valence-corrected chi connectivity index (χ2v) is 8.56. The zero-order valence-corrected chi connectivity index (χ0v) is 14.9. The van der Waals surface area contributed by atoms with E-state index in [9.17, 15) is 13.2 Å². The summed E-state index contributed by atoms with van der Waals surface area (Å²) in [6.45, 7) is 5.73. The van der Waals surface area contributed by atoms with E-state index in [1.54, 1.807) is 12.1 Å². The van der Waals surface area contributed by atoms with Crippen LogP contribution >= 0.6 is 0 Å². The topological polar surface area (TPSA) is 79.6 Å². The fourth-order valence-electron chi connectivity index (χ4n) is 3.40. The second-order valence-electron chi connectivity index (χ2n) is 6.67. The molecule has 2 heterocycles. The lowest BCUT2D eigenvalue weighted by molar-refractivity contribution is 0.0594. The van der Waals surface area contributed by atoms with Crippen LogP contribution in [0.3, 0.4) is 0 Å². The Labute approximate surface area is 141 Å². The molecule has 1 aliphatic rings. The number of likely N-dealkylation sites (tertiary alicyclic amines) is 1. The fraction of sp³-hybridized carbons (Fsp3) is 0.471. The van der Waals surface area contributed by atoms with Gasteiger partial charge in [0.05, 0.1) is 4.90 Å². The molecule has 2 aromatic rings. The maximum Gasteiger partial charge on any atom is 0.289 e. The van der Waals surface area contributed by atoms with E-state index in [1.807, 2.05) is 4.90 Å². The van der Waals surface area contributed by atoms with Crippen LogP contribution in [-0.4, -0.2) is 39.4 Å². The minimum atomic E-state index is -3.52. The molecule has 1 saturated heterocycles. The van der Waals surface area contributed by atoms with Gasteiger partial charge in [0, 0.05) is 18.5 Å². The van der Waals surface area contributed by atoms with E-state index in [2.05, 4.69) is 18.6 Å². The van der Waals surface area contributed by atoms with Crippen LogP contribution in [0.5, 0.6) is 0 Å². The molecule has 130 valence electrons. The number of fused-ring (bicyclic) bond motifs is 1. The normalized spacial score (nSPS) is 22.0. The summed E-state index contributed by atoms with van der Waals surface area (Å²) in [6, 6.07) is 6.19. The van der Waals surface area contributed by atoms with Gasteiger partial charge in [-0.15, -0.1) is 0 Å².